The van der Waals surface area contributed by atoms with Crippen molar-refractivity contribution in [1.82, 2.24) is 26.1 Å². The first-order valence-electron chi connectivity index (χ1n) is 19.8. The molecule has 1 aliphatic rings. The maximum absolute atomic E-state index is 14.1. The largest absolute Gasteiger partial charge is 0.460 e. The number of hydrogen-bond donors (Lipinski definition) is 3. The number of benzene rings is 2. The van der Waals surface area contributed by atoms with Crippen LogP contribution < -0.4 is 16.1 Å². The monoisotopic (exact) mass is 871 g/mol. The lowest BCUT2D eigenvalue weighted by Gasteiger charge is -2.35. The fraction of sp³-hybridized carbons (Fsp3) is 0.500. The lowest BCUT2D eigenvalue weighted by atomic mass is 9.79. The van der Waals surface area contributed by atoms with E-state index in [4.69, 9.17) is 49.3 Å². The molecule has 12 nitrogen and oxygen atoms in total. The van der Waals surface area contributed by atoms with Gasteiger partial charge in [0, 0.05) is 36.1 Å². The molecule has 0 aliphatic carbocycles. The minimum absolute atomic E-state index is 0.0582. The number of fused-ring (bicyclic) bond motifs is 1. The van der Waals surface area contributed by atoms with Crippen LogP contribution in [0.2, 0.25) is 0 Å². The Morgan fingerprint density at radius 3 is 2.27 bits per heavy atom. The summed E-state index contributed by atoms with van der Waals surface area (Å²) in [5.41, 5.74) is 4.39. The van der Waals surface area contributed by atoms with Crippen molar-refractivity contribution in [2.24, 2.45) is 17.3 Å². The van der Waals surface area contributed by atoms with E-state index < -0.39 is 69.3 Å². The van der Waals surface area contributed by atoms with Crippen LogP contribution in [-0.4, -0.2) is 74.3 Å². The fourth-order valence-electron chi connectivity index (χ4n) is 6.43. The van der Waals surface area contributed by atoms with Crippen LogP contribution in [0.25, 0.3) is 17.0 Å². The summed E-state index contributed by atoms with van der Waals surface area (Å²) in [5, 5.41) is 8.01. The number of nitrogens with zero attached hydrogens (tertiary/aromatic N) is 2. The number of Topliss-reactive ketones (excluding diaryl/α,β-unsaturated/α-hetero) is 1. The van der Waals surface area contributed by atoms with Crippen LogP contribution in [-0.2, 0) is 35.1 Å². The molecule has 1 aromatic heterocycles. The molecule has 3 N–H and O–H groups in total. The molecule has 0 radical (unpaired) electrons. The van der Waals surface area contributed by atoms with Crippen molar-refractivity contribution in [3.05, 3.63) is 83.6 Å². The molecular weight excluding hydrogens is 817 g/mol. The Kier molecular flexibility index (Phi) is 16.4. The molecule has 15 heteroatoms. The standard InChI is InChI=1S/C44H56Cl3N5O7/c1-27(2)32(38(54)50-36(24-29-13-10-9-11-14-29)39(55)52-22-12-15-34(51-52)40(56)58-26-44(45,46)47)25-37(53)43(7,8)21-20-30-16-17-31-18-19-33(49-35(31)23-30)28(3)48-41(57)59-42(4,5)6/h9-11,13-14,16-21,23,27-28,32,34,36,51H,12,15,22,24-26H2,1-8H3,(H,48,57)(H,50,54)/b21-20+/t28-,32+,34+,36+/m1/s1. The number of alkyl carbamates (subject to hydrolysis) is 1. The Morgan fingerprint density at radius 1 is 0.949 bits per heavy atom. The smallest absolute Gasteiger partial charge is 0.408 e. The quantitative estimate of drug-likeness (QED) is 0.101. The van der Waals surface area contributed by atoms with Gasteiger partial charge < -0.3 is 20.1 Å². The van der Waals surface area contributed by atoms with Gasteiger partial charge >= 0.3 is 12.1 Å². The van der Waals surface area contributed by atoms with Crippen LogP contribution in [0.5, 0.6) is 0 Å². The van der Waals surface area contributed by atoms with Gasteiger partial charge in [-0.2, -0.15) is 0 Å². The van der Waals surface area contributed by atoms with Crippen LogP contribution >= 0.6 is 34.8 Å². The number of hydrazine groups is 1. The number of pyridine rings is 1. The van der Waals surface area contributed by atoms with E-state index in [1.54, 1.807) is 34.6 Å². The SMILES string of the molecule is CC(C)[C@H](CC(=O)C(C)(C)/C=C/c1ccc2ccc([C@@H](C)NC(=O)OC(C)(C)C)nc2c1)C(=O)N[C@@H](Cc1ccccc1)C(=O)N1CCC[C@@H](C(=O)OCC(Cl)(Cl)Cl)N1. The summed E-state index contributed by atoms with van der Waals surface area (Å²) in [5.74, 6) is -2.65. The third-order valence-electron chi connectivity index (χ3n) is 9.88. The minimum atomic E-state index is -1.78. The van der Waals surface area contributed by atoms with Crippen LogP contribution in [0.4, 0.5) is 4.79 Å². The number of carbonyl (C=O) groups is 5. The Labute approximate surface area is 362 Å². The maximum Gasteiger partial charge on any atom is 0.408 e. The predicted octanol–water partition coefficient (Wildman–Crippen LogP) is 8.23. The summed E-state index contributed by atoms with van der Waals surface area (Å²) in [6.07, 6.45) is 4.16. The number of allylic oxidation sites excluding steroid dienone is 1. The van der Waals surface area contributed by atoms with E-state index in [0.29, 0.717) is 25.1 Å². The van der Waals surface area contributed by atoms with Crippen LogP contribution in [0.15, 0.2) is 66.7 Å². The zero-order valence-electron chi connectivity index (χ0n) is 34.9. The van der Waals surface area contributed by atoms with Crippen LogP contribution in [0, 0.1) is 17.3 Å². The first-order valence-corrected chi connectivity index (χ1v) is 20.9. The third kappa shape index (κ3) is 14.8. The predicted molar refractivity (Wildman–Crippen MR) is 231 cm³/mol. The highest BCUT2D eigenvalue weighted by Crippen LogP contribution is 2.29. The molecule has 3 aromatic rings. The van der Waals surface area contributed by atoms with Crippen molar-refractivity contribution in [2.45, 2.75) is 109 Å². The first-order chi connectivity index (χ1) is 27.5. The second-order valence-electron chi connectivity index (χ2n) is 16.9. The van der Waals surface area contributed by atoms with Gasteiger partial charge in [-0.3, -0.25) is 29.2 Å². The second-order valence-corrected chi connectivity index (χ2v) is 19.4. The molecular formula is C44H56Cl3N5O7. The van der Waals surface area contributed by atoms with E-state index in [9.17, 15) is 24.0 Å². The molecule has 0 saturated carbocycles. The molecule has 320 valence electrons. The number of hydrogen-bond acceptors (Lipinski definition) is 9. The average Bonchev–Trinajstić information content (AvgIpc) is 3.16. The van der Waals surface area contributed by atoms with Crippen LogP contribution in [0.1, 0.15) is 97.5 Å². The lowest BCUT2D eigenvalue weighted by Crippen LogP contribution is -2.61. The van der Waals surface area contributed by atoms with Gasteiger partial charge in [-0.15, -0.1) is 0 Å². The average molecular weight is 873 g/mol. The molecule has 1 aliphatic heterocycles. The summed E-state index contributed by atoms with van der Waals surface area (Å²) in [4.78, 5) is 72.0. The Balaban J connectivity index is 1.46. The highest BCUT2D eigenvalue weighted by molar-refractivity contribution is 6.67. The van der Waals surface area contributed by atoms with Crippen molar-refractivity contribution < 1.29 is 33.4 Å². The molecule has 4 atom stereocenters. The maximum atomic E-state index is 14.1. The summed E-state index contributed by atoms with van der Waals surface area (Å²) < 4.78 is 8.76. The summed E-state index contributed by atoms with van der Waals surface area (Å²) in [6, 6.07) is 16.6. The van der Waals surface area contributed by atoms with Crippen molar-refractivity contribution >= 4 is 81.4 Å². The number of carbonyl (C=O) groups excluding carboxylic acids is 5. The van der Waals surface area contributed by atoms with Gasteiger partial charge in [0.2, 0.25) is 9.70 Å². The fourth-order valence-corrected chi connectivity index (χ4v) is 6.59. The molecule has 0 spiro atoms. The van der Waals surface area contributed by atoms with E-state index in [2.05, 4.69) is 16.1 Å². The number of ether oxygens (including phenoxy) is 2. The number of halogens is 3. The van der Waals surface area contributed by atoms with Crippen molar-refractivity contribution in [1.29, 1.82) is 0 Å². The molecule has 4 rings (SSSR count). The number of ketones is 1. The lowest BCUT2D eigenvalue weighted by molar-refractivity contribution is -0.153. The van der Waals surface area contributed by atoms with Gasteiger partial charge in [0.25, 0.3) is 5.91 Å². The van der Waals surface area contributed by atoms with E-state index in [-0.39, 0.29) is 24.5 Å². The summed E-state index contributed by atoms with van der Waals surface area (Å²) >= 11 is 17.2. The first kappa shape index (κ1) is 47.4. The Hall–Kier alpha value is -4.23. The Morgan fingerprint density at radius 2 is 1.63 bits per heavy atom. The van der Waals surface area contributed by atoms with Gasteiger partial charge in [-0.05, 0) is 83.6 Å². The van der Waals surface area contributed by atoms with E-state index in [1.807, 2.05) is 93.6 Å². The number of esters is 1. The Bertz CT molecular complexity index is 2000. The number of amides is 3. The van der Waals surface area contributed by atoms with Crippen molar-refractivity contribution in [2.75, 3.05) is 13.2 Å². The van der Waals surface area contributed by atoms with Gasteiger partial charge in [-0.1, -0.05) is 109 Å². The zero-order chi connectivity index (χ0) is 43.7. The van der Waals surface area contributed by atoms with Gasteiger partial charge in [0.15, 0.2) is 0 Å². The molecule has 0 bridgehead atoms. The van der Waals surface area contributed by atoms with Gasteiger partial charge in [0.1, 0.15) is 30.1 Å². The van der Waals surface area contributed by atoms with Gasteiger partial charge in [0.05, 0.1) is 17.3 Å². The molecule has 3 amide bonds. The minimum Gasteiger partial charge on any atom is -0.460 e. The second kappa shape index (κ2) is 20.4. The molecule has 0 unspecified atom stereocenters. The highest BCUT2D eigenvalue weighted by atomic mass is 35.6. The van der Waals surface area contributed by atoms with E-state index in [0.717, 1.165) is 22.0 Å². The molecule has 1 saturated heterocycles. The third-order valence-corrected chi connectivity index (χ3v) is 10.2. The summed E-state index contributed by atoms with van der Waals surface area (Å²) in [7, 11) is 0. The molecule has 59 heavy (non-hydrogen) atoms. The van der Waals surface area contributed by atoms with Crippen molar-refractivity contribution in [3.8, 4) is 0 Å². The van der Waals surface area contributed by atoms with Crippen molar-refractivity contribution in [3.63, 3.8) is 0 Å². The number of aromatic nitrogens is 1. The number of nitrogens with one attached hydrogen (secondary N) is 3. The molecule has 2 aromatic carbocycles. The van der Waals surface area contributed by atoms with E-state index in [1.165, 1.54) is 5.01 Å². The highest BCUT2D eigenvalue weighted by Gasteiger charge is 2.37. The van der Waals surface area contributed by atoms with Gasteiger partial charge in [-0.25, -0.2) is 10.2 Å². The zero-order valence-corrected chi connectivity index (χ0v) is 37.2. The van der Waals surface area contributed by atoms with Crippen LogP contribution in [0.3, 0.4) is 0 Å². The molecule has 2 heterocycles. The molecule has 1 fully saturated rings. The van der Waals surface area contributed by atoms with E-state index >= 15 is 0 Å². The summed E-state index contributed by atoms with van der Waals surface area (Å²) in [6.45, 7) is 14.4. The number of rotatable bonds is 15. The normalized spacial score (nSPS) is 16.7. The topological polar surface area (TPSA) is 156 Å². The number of alkyl halides is 3.